The molecule has 1 aromatic rings. The lowest BCUT2D eigenvalue weighted by Crippen LogP contribution is -2.37. The second-order valence-corrected chi connectivity index (χ2v) is 4.21. The number of hydrogen-bond donors (Lipinski definition) is 2. The number of urea groups is 1. The van der Waals surface area contributed by atoms with Crippen molar-refractivity contribution in [2.24, 2.45) is 0 Å². The van der Waals surface area contributed by atoms with Crippen LogP contribution in [0.4, 0.5) is 10.5 Å². The molecule has 1 aromatic heterocycles. The van der Waals surface area contributed by atoms with Crippen molar-refractivity contribution < 1.29 is 14.3 Å². The monoisotopic (exact) mass is 285 g/mol. The first-order valence-corrected chi connectivity index (χ1v) is 6.24. The van der Waals surface area contributed by atoms with Gasteiger partial charge in [0.25, 0.3) is 0 Å². The minimum Gasteiger partial charge on any atom is -0.466 e. The highest BCUT2D eigenvalue weighted by atomic mass is 35.5. The molecule has 0 unspecified atom stereocenters. The fourth-order valence-corrected chi connectivity index (χ4v) is 1.55. The smallest absolute Gasteiger partial charge is 0.319 e. The number of nitrogens with zero attached hydrogens (tertiary/aromatic N) is 1. The van der Waals surface area contributed by atoms with Crippen molar-refractivity contribution in [3.8, 4) is 0 Å². The number of aromatic nitrogens is 1. The van der Waals surface area contributed by atoms with Crippen LogP contribution >= 0.6 is 11.6 Å². The topological polar surface area (TPSA) is 80.3 Å². The Morgan fingerprint density at radius 3 is 2.89 bits per heavy atom. The highest BCUT2D eigenvalue weighted by molar-refractivity contribution is 6.32. The number of hydrogen-bond acceptors (Lipinski definition) is 4. The number of pyridine rings is 1. The van der Waals surface area contributed by atoms with E-state index in [2.05, 4.69) is 15.6 Å². The zero-order chi connectivity index (χ0) is 14.3. The molecule has 0 aliphatic carbocycles. The molecular weight excluding hydrogens is 270 g/mol. The van der Waals surface area contributed by atoms with E-state index < -0.39 is 6.03 Å². The summed E-state index contributed by atoms with van der Waals surface area (Å²) in [4.78, 5) is 26.7. The Labute approximate surface area is 116 Å². The average molecular weight is 286 g/mol. The van der Waals surface area contributed by atoms with E-state index in [4.69, 9.17) is 16.3 Å². The number of ether oxygens (including phenoxy) is 1. The Hall–Kier alpha value is -1.82. The molecular formula is C12H16ClN3O3. The molecule has 0 aliphatic heterocycles. The van der Waals surface area contributed by atoms with Gasteiger partial charge < -0.3 is 15.4 Å². The zero-order valence-electron chi connectivity index (χ0n) is 10.8. The fourth-order valence-electron chi connectivity index (χ4n) is 1.38. The van der Waals surface area contributed by atoms with Gasteiger partial charge in [0.05, 0.1) is 18.7 Å². The summed E-state index contributed by atoms with van der Waals surface area (Å²) < 4.78 is 4.79. The Bertz CT molecular complexity index is 454. The largest absolute Gasteiger partial charge is 0.466 e. The van der Waals surface area contributed by atoms with E-state index in [1.807, 2.05) is 0 Å². The van der Waals surface area contributed by atoms with Crippen LogP contribution in [0.3, 0.4) is 0 Å². The highest BCUT2D eigenvalue weighted by Gasteiger charge is 2.13. The lowest BCUT2D eigenvalue weighted by atomic mass is 10.2. The number of halogens is 1. The average Bonchev–Trinajstić information content (AvgIpc) is 2.31. The molecule has 1 rings (SSSR count). The van der Waals surface area contributed by atoms with Gasteiger partial charge in [-0.2, -0.15) is 0 Å². The number of anilines is 1. The van der Waals surface area contributed by atoms with Crippen LogP contribution in [0.15, 0.2) is 18.3 Å². The SMILES string of the molecule is CCOC(=O)C[C@H](C)NC(=O)Nc1cccnc1Cl. The summed E-state index contributed by atoms with van der Waals surface area (Å²) in [7, 11) is 0. The Morgan fingerprint density at radius 2 is 2.26 bits per heavy atom. The Kier molecular flexibility index (Phi) is 6.08. The molecule has 0 aliphatic rings. The van der Waals surface area contributed by atoms with Crippen LogP contribution in [0.2, 0.25) is 5.15 Å². The molecule has 0 fully saturated rings. The molecule has 0 spiro atoms. The minimum absolute atomic E-state index is 0.113. The number of rotatable bonds is 5. The third-order valence-corrected chi connectivity index (χ3v) is 2.46. The molecule has 0 bridgehead atoms. The molecule has 0 saturated heterocycles. The van der Waals surface area contributed by atoms with E-state index in [1.54, 1.807) is 26.0 Å². The molecule has 2 amide bonds. The molecule has 0 radical (unpaired) electrons. The molecule has 0 aromatic carbocycles. The maximum absolute atomic E-state index is 11.7. The third-order valence-electron chi connectivity index (χ3n) is 2.16. The Balaban J connectivity index is 2.43. The van der Waals surface area contributed by atoms with E-state index >= 15 is 0 Å². The van der Waals surface area contributed by atoms with Crippen molar-refractivity contribution in [1.82, 2.24) is 10.3 Å². The summed E-state index contributed by atoms with van der Waals surface area (Å²) in [5.74, 6) is -0.352. The first-order chi connectivity index (χ1) is 9.02. The normalized spacial score (nSPS) is 11.5. The van der Waals surface area contributed by atoms with E-state index in [-0.39, 0.29) is 23.6 Å². The molecule has 1 atom stereocenters. The van der Waals surface area contributed by atoms with Gasteiger partial charge in [0.15, 0.2) is 5.15 Å². The van der Waals surface area contributed by atoms with Crippen LogP contribution in [0.5, 0.6) is 0 Å². The molecule has 2 N–H and O–H groups in total. The molecule has 1 heterocycles. The molecule has 7 heteroatoms. The van der Waals surface area contributed by atoms with Crippen LogP contribution in [-0.4, -0.2) is 29.6 Å². The van der Waals surface area contributed by atoms with Gasteiger partial charge in [-0.15, -0.1) is 0 Å². The van der Waals surface area contributed by atoms with Gasteiger partial charge in [0.1, 0.15) is 0 Å². The second-order valence-electron chi connectivity index (χ2n) is 3.85. The fraction of sp³-hybridized carbons (Fsp3) is 0.417. The van der Waals surface area contributed by atoms with Crippen LogP contribution in [0.25, 0.3) is 0 Å². The van der Waals surface area contributed by atoms with Crippen LogP contribution in [-0.2, 0) is 9.53 Å². The lowest BCUT2D eigenvalue weighted by Gasteiger charge is -2.14. The number of nitrogens with one attached hydrogen (secondary N) is 2. The summed E-state index contributed by atoms with van der Waals surface area (Å²) in [6.45, 7) is 3.76. The predicted octanol–water partition coefficient (Wildman–Crippen LogP) is 2.20. The molecule has 0 saturated carbocycles. The van der Waals surface area contributed by atoms with Gasteiger partial charge in [-0.1, -0.05) is 11.6 Å². The van der Waals surface area contributed by atoms with Crippen LogP contribution in [0.1, 0.15) is 20.3 Å². The number of amides is 2. The molecule has 19 heavy (non-hydrogen) atoms. The zero-order valence-corrected chi connectivity index (χ0v) is 11.5. The van der Waals surface area contributed by atoms with E-state index in [9.17, 15) is 9.59 Å². The first kappa shape index (κ1) is 15.2. The lowest BCUT2D eigenvalue weighted by molar-refractivity contribution is -0.143. The van der Waals surface area contributed by atoms with E-state index in [0.29, 0.717) is 12.3 Å². The Morgan fingerprint density at radius 1 is 1.53 bits per heavy atom. The van der Waals surface area contributed by atoms with Gasteiger partial charge >= 0.3 is 12.0 Å². The second kappa shape index (κ2) is 7.58. The summed E-state index contributed by atoms with van der Waals surface area (Å²) in [6, 6.07) is 2.50. The van der Waals surface area contributed by atoms with Gasteiger partial charge in [-0.3, -0.25) is 4.79 Å². The summed E-state index contributed by atoms with van der Waals surface area (Å²) >= 11 is 5.80. The van der Waals surface area contributed by atoms with Crippen molar-refractivity contribution >= 4 is 29.3 Å². The standard InChI is InChI=1S/C12H16ClN3O3/c1-3-19-10(17)7-8(2)15-12(18)16-9-5-4-6-14-11(9)13/h4-6,8H,3,7H2,1-2H3,(H2,15,16,18)/t8-/m0/s1. The molecule has 104 valence electrons. The number of carbonyl (C=O) groups is 2. The van der Waals surface area contributed by atoms with Gasteiger partial charge in [0, 0.05) is 12.2 Å². The van der Waals surface area contributed by atoms with Crippen molar-refractivity contribution in [3.05, 3.63) is 23.5 Å². The number of esters is 1. The predicted molar refractivity (Wildman–Crippen MR) is 72.1 cm³/mol. The van der Waals surface area contributed by atoms with Crippen molar-refractivity contribution in [1.29, 1.82) is 0 Å². The van der Waals surface area contributed by atoms with Crippen LogP contribution < -0.4 is 10.6 Å². The van der Waals surface area contributed by atoms with Crippen molar-refractivity contribution in [2.45, 2.75) is 26.3 Å². The van der Waals surface area contributed by atoms with Gasteiger partial charge in [-0.25, -0.2) is 9.78 Å². The first-order valence-electron chi connectivity index (χ1n) is 5.86. The summed E-state index contributed by atoms with van der Waals surface area (Å²) in [5, 5.41) is 5.36. The van der Waals surface area contributed by atoms with Gasteiger partial charge in [-0.05, 0) is 26.0 Å². The maximum Gasteiger partial charge on any atom is 0.319 e. The van der Waals surface area contributed by atoms with Crippen molar-refractivity contribution in [2.75, 3.05) is 11.9 Å². The van der Waals surface area contributed by atoms with Gasteiger partial charge in [0.2, 0.25) is 0 Å². The van der Waals surface area contributed by atoms with E-state index in [1.165, 1.54) is 6.20 Å². The summed E-state index contributed by atoms with van der Waals surface area (Å²) in [6.07, 6.45) is 1.64. The van der Waals surface area contributed by atoms with Crippen LogP contribution in [0, 0.1) is 0 Å². The third kappa shape index (κ3) is 5.56. The molecule has 6 nitrogen and oxygen atoms in total. The highest BCUT2D eigenvalue weighted by Crippen LogP contribution is 2.17. The minimum atomic E-state index is -0.452. The summed E-state index contributed by atoms with van der Waals surface area (Å²) in [5.41, 5.74) is 0.407. The van der Waals surface area contributed by atoms with Crippen molar-refractivity contribution in [3.63, 3.8) is 0 Å². The maximum atomic E-state index is 11.7. The quantitative estimate of drug-likeness (QED) is 0.642. The number of carbonyl (C=O) groups excluding carboxylic acids is 2. The van der Waals surface area contributed by atoms with E-state index in [0.717, 1.165) is 0 Å².